The third kappa shape index (κ3) is 3.42. The number of anilines is 1. The maximum absolute atomic E-state index is 12.3. The number of aryl methyl sites for hydroxylation is 4. The summed E-state index contributed by atoms with van der Waals surface area (Å²) in [5, 5.41) is 3.60. The van der Waals surface area contributed by atoms with Crippen LogP contribution in [-0.2, 0) is 11.2 Å². The number of hydrogen-bond acceptors (Lipinski definition) is 3. The van der Waals surface area contributed by atoms with Gasteiger partial charge in [0, 0.05) is 0 Å². The second-order valence-electron chi connectivity index (χ2n) is 6.08. The molecule has 4 heteroatoms. The number of aromatic nitrogens is 1. The lowest BCUT2D eigenvalue weighted by Crippen LogP contribution is -2.14. The second-order valence-corrected chi connectivity index (χ2v) is 7.11. The largest absolute Gasteiger partial charge is 0.302 e. The van der Waals surface area contributed by atoms with Gasteiger partial charge in [0.25, 0.3) is 0 Å². The van der Waals surface area contributed by atoms with Gasteiger partial charge in [-0.2, -0.15) is 0 Å². The third-order valence-electron chi connectivity index (χ3n) is 4.11. The fraction of sp³-hybridized carbons (Fsp3) is 0.263. The molecule has 118 valence electrons. The molecule has 23 heavy (non-hydrogen) atoms. The Morgan fingerprint density at radius 2 is 1.78 bits per heavy atom. The van der Waals surface area contributed by atoms with Crippen LogP contribution >= 0.6 is 11.3 Å². The summed E-state index contributed by atoms with van der Waals surface area (Å²) in [5.74, 6) is -0.0220. The molecule has 0 bridgehead atoms. The van der Waals surface area contributed by atoms with Crippen molar-refractivity contribution >= 4 is 32.6 Å². The Morgan fingerprint density at radius 3 is 2.57 bits per heavy atom. The van der Waals surface area contributed by atoms with Crippen molar-refractivity contribution in [3.63, 3.8) is 0 Å². The Hall–Kier alpha value is -2.20. The van der Waals surface area contributed by atoms with E-state index in [4.69, 9.17) is 0 Å². The van der Waals surface area contributed by atoms with E-state index in [9.17, 15) is 4.79 Å². The molecule has 0 saturated carbocycles. The van der Waals surface area contributed by atoms with Gasteiger partial charge in [-0.3, -0.25) is 4.79 Å². The standard InChI is InChI=1S/C19H20N2OS/c1-11-5-6-12(2)15(7-11)10-18(22)21-19-20-16-8-13(3)14(4)9-17(16)23-19/h5-9H,10H2,1-4H3,(H,20,21,22). The second kappa shape index (κ2) is 6.13. The maximum Gasteiger partial charge on any atom is 0.230 e. The van der Waals surface area contributed by atoms with Gasteiger partial charge < -0.3 is 5.32 Å². The number of nitrogens with zero attached hydrogens (tertiary/aromatic N) is 1. The molecule has 0 radical (unpaired) electrons. The first-order chi connectivity index (χ1) is 10.9. The Labute approximate surface area is 140 Å². The molecular formula is C19H20N2OS. The van der Waals surface area contributed by atoms with Crippen molar-refractivity contribution in [2.24, 2.45) is 0 Å². The minimum absolute atomic E-state index is 0.0220. The van der Waals surface area contributed by atoms with Gasteiger partial charge in [0.05, 0.1) is 16.6 Å². The topological polar surface area (TPSA) is 42.0 Å². The van der Waals surface area contributed by atoms with Crippen LogP contribution in [-0.4, -0.2) is 10.9 Å². The number of amides is 1. The van der Waals surface area contributed by atoms with Gasteiger partial charge in [-0.25, -0.2) is 4.98 Å². The van der Waals surface area contributed by atoms with Crippen molar-refractivity contribution in [3.8, 4) is 0 Å². The molecule has 3 nitrogen and oxygen atoms in total. The molecule has 0 atom stereocenters. The number of fused-ring (bicyclic) bond motifs is 1. The molecule has 0 aliphatic carbocycles. The number of nitrogens with one attached hydrogen (secondary N) is 1. The number of hydrogen-bond donors (Lipinski definition) is 1. The molecule has 0 aliphatic heterocycles. The van der Waals surface area contributed by atoms with Crippen LogP contribution in [0.1, 0.15) is 27.8 Å². The van der Waals surface area contributed by atoms with E-state index >= 15 is 0 Å². The van der Waals surface area contributed by atoms with Gasteiger partial charge in [-0.05, 0) is 62.1 Å². The number of carbonyl (C=O) groups excluding carboxylic acids is 1. The fourth-order valence-electron chi connectivity index (χ4n) is 2.56. The van der Waals surface area contributed by atoms with E-state index in [0.29, 0.717) is 11.6 Å². The van der Waals surface area contributed by atoms with Gasteiger partial charge in [-0.15, -0.1) is 0 Å². The van der Waals surface area contributed by atoms with E-state index < -0.39 is 0 Å². The predicted molar refractivity (Wildman–Crippen MR) is 97.3 cm³/mol. The summed E-state index contributed by atoms with van der Waals surface area (Å²) in [6.45, 7) is 8.24. The number of carbonyl (C=O) groups is 1. The molecule has 1 aromatic heterocycles. The highest BCUT2D eigenvalue weighted by Crippen LogP contribution is 2.28. The van der Waals surface area contributed by atoms with Crippen molar-refractivity contribution in [1.82, 2.24) is 4.98 Å². The molecule has 0 spiro atoms. The van der Waals surface area contributed by atoms with Crippen LogP contribution in [0.25, 0.3) is 10.2 Å². The van der Waals surface area contributed by atoms with Gasteiger partial charge in [0.2, 0.25) is 5.91 Å². The summed E-state index contributed by atoms with van der Waals surface area (Å²) in [6.07, 6.45) is 0.376. The summed E-state index contributed by atoms with van der Waals surface area (Å²) in [7, 11) is 0. The van der Waals surface area contributed by atoms with Crippen molar-refractivity contribution in [1.29, 1.82) is 0 Å². The number of benzene rings is 2. The first-order valence-electron chi connectivity index (χ1n) is 7.66. The predicted octanol–water partition coefficient (Wildman–Crippen LogP) is 4.71. The molecule has 3 rings (SSSR count). The SMILES string of the molecule is Cc1ccc(C)c(CC(=O)Nc2nc3cc(C)c(C)cc3s2)c1. The third-order valence-corrected chi connectivity index (χ3v) is 5.04. The van der Waals surface area contributed by atoms with Crippen LogP contribution in [0.15, 0.2) is 30.3 Å². The van der Waals surface area contributed by atoms with Crippen LogP contribution in [0.5, 0.6) is 0 Å². The first kappa shape index (κ1) is 15.7. The van der Waals surface area contributed by atoms with E-state index in [2.05, 4.69) is 54.5 Å². The van der Waals surface area contributed by atoms with Crippen LogP contribution in [0.3, 0.4) is 0 Å². The van der Waals surface area contributed by atoms with Gasteiger partial charge in [0.15, 0.2) is 5.13 Å². The average Bonchev–Trinajstić information content (AvgIpc) is 2.84. The molecule has 2 aromatic carbocycles. The zero-order valence-electron chi connectivity index (χ0n) is 13.9. The molecular weight excluding hydrogens is 304 g/mol. The van der Waals surface area contributed by atoms with Gasteiger partial charge >= 0.3 is 0 Å². The summed E-state index contributed by atoms with van der Waals surface area (Å²) in [5.41, 5.74) is 6.78. The average molecular weight is 324 g/mol. The Balaban J connectivity index is 1.78. The minimum Gasteiger partial charge on any atom is -0.302 e. The summed E-state index contributed by atoms with van der Waals surface area (Å²) < 4.78 is 1.11. The molecule has 1 amide bonds. The zero-order valence-corrected chi connectivity index (χ0v) is 14.7. The van der Waals surface area contributed by atoms with Crippen molar-refractivity contribution in [3.05, 3.63) is 58.1 Å². The van der Waals surface area contributed by atoms with Crippen LogP contribution in [0.2, 0.25) is 0 Å². The van der Waals surface area contributed by atoms with Crippen molar-refractivity contribution in [2.75, 3.05) is 5.32 Å². The normalized spacial score (nSPS) is 11.0. The Bertz CT molecular complexity index is 857. The highest BCUT2D eigenvalue weighted by atomic mass is 32.1. The van der Waals surface area contributed by atoms with Crippen molar-refractivity contribution < 1.29 is 4.79 Å². The lowest BCUT2D eigenvalue weighted by molar-refractivity contribution is -0.115. The summed E-state index contributed by atoms with van der Waals surface area (Å²) in [4.78, 5) is 16.8. The van der Waals surface area contributed by atoms with Crippen LogP contribution < -0.4 is 5.32 Å². The summed E-state index contributed by atoms with van der Waals surface area (Å²) >= 11 is 1.52. The van der Waals surface area contributed by atoms with Crippen molar-refractivity contribution in [2.45, 2.75) is 34.1 Å². The zero-order chi connectivity index (χ0) is 16.6. The van der Waals surface area contributed by atoms with E-state index in [1.165, 1.54) is 28.0 Å². The first-order valence-corrected chi connectivity index (χ1v) is 8.48. The fourth-order valence-corrected chi connectivity index (χ4v) is 3.52. The highest BCUT2D eigenvalue weighted by molar-refractivity contribution is 7.22. The molecule has 0 saturated heterocycles. The minimum atomic E-state index is -0.0220. The van der Waals surface area contributed by atoms with Crippen LogP contribution in [0, 0.1) is 27.7 Å². The quantitative estimate of drug-likeness (QED) is 0.758. The number of rotatable bonds is 3. The Kier molecular flexibility index (Phi) is 4.18. The maximum atomic E-state index is 12.3. The molecule has 1 N–H and O–H groups in total. The monoisotopic (exact) mass is 324 g/mol. The van der Waals surface area contributed by atoms with Gasteiger partial charge in [0.1, 0.15) is 0 Å². The van der Waals surface area contributed by atoms with E-state index in [0.717, 1.165) is 21.3 Å². The lowest BCUT2D eigenvalue weighted by atomic mass is 10.0. The lowest BCUT2D eigenvalue weighted by Gasteiger charge is -2.06. The molecule has 3 aromatic rings. The molecule has 0 fully saturated rings. The highest BCUT2D eigenvalue weighted by Gasteiger charge is 2.11. The van der Waals surface area contributed by atoms with E-state index in [-0.39, 0.29) is 5.91 Å². The van der Waals surface area contributed by atoms with E-state index in [1.807, 2.05) is 13.8 Å². The molecule has 1 heterocycles. The van der Waals surface area contributed by atoms with Crippen LogP contribution in [0.4, 0.5) is 5.13 Å². The van der Waals surface area contributed by atoms with E-state index in [1.54, 1.807) is 0 Å². The molecule has 0 unspecified atom stereocenters. The molecule has 0 aliphatic rings. The smallest absolute Gasteiger partial charge is 0.230 e. The summed E-state index contributed by atoms with van der Waals surface area (Å²) in [6, 6.07) is 10.4. The van der Waals surface area contributed by atoms with Gasteiger partial charge in [-0.1, -0.05) is 35.1 Å². The Morgan fingerprint density at radius 1 is 1.04 bits per heavy atom. The number of thiazole rings is 1.